The zero-order valence-corrected chi connectivity index (χ0v) is 13.1. The molecule has 2 aromatic rings. The fourth-order valence-electron chi connectivity index (χ4n) is 1.52. The van der Waals surface area contributed by atoms with Crippen molar-refractivity contribution in [2.45, 2.75) is 13.8 Å². The van der Waals surface area contributed by atoms with Crippen molar-refractivity contribution in [3.63, 3.8) is 0 Å². The molecule has 0 aliphatic rings. The lowest BCUT2D eigenvalue weighted by Crippen LogP contribution is -1.99. The SMILES string of the molecule is Cc1nc(Cl)c(C)c(Oc2c(Cl)cc([N+](=O)[O-])cc2Cl)n1. The van der Waals surface area contributed by atoms with Gasteiger partial charge in [0.05, 0.1) is 15.0 Å². The van der Waals surface area contributed by atoms with Crippen LogP contribution in [0.2, 0.25) is 15.2 Å². The second kappa shape index (κ2) is 6.01. The summed E-state index contributed by atoms with van der Waals surface area (Å²) in [5.74, 6) is 0.668. The van der Waals surface area contributed by atoms with Gasteiger partial charge in [0.2, 0.25) is 5.88 Å². The fourth-order valence-corrected chi connectivity index (χ4v) is 2.27. The van der Waals surface area contributed by atoms with Crippen molar-refractivity contribution in [2.75, 3.05) is 0 Å². The third-order valence-corrected chi connectivity index (χ3v) is 3.48. The largest absolute Gasteiger partial charge is 0.435 e. The molecule has 2 rings (SSSR count). The van der Waals surface area contributed by atoms with Crippen LogP contribution in [0.3, 0.4) is 0 Å². The van der Waals surface area contributed by atoms with Crippen molar-refractivity contribution in [3.05, 3.63) is 48.8 Å². The minimum atomic E-state index is -0.599. The molecule has 1 heterocycles. The molecule has 0 unspecified atom stereocenters. The second-order valence-electron chi connectivity index (χ2n) is 4.09. The average molecular weight is 349 g/mol. The number of aromatic nitrogens is 2. The van der Waals surface area contributed by atoms with E-state index >= 15 is 0 Å². The first-order valence-electron chi connectivity index (χ1n) is 5.61. The van der Waals surface area contributed by atoms with E-state index in [0.29, 0.717) is 11.4 Å². The summed E-state index contributed by atoms with van der Waals surface area (Å²) in [5, 5.41) is 11.0. The number of benzene rings is 1. The van der Waals surface area contributed by atoms with Gasteiger partial charge in [-0.15, -0.1) is 0 Å². The first kappa shape index (κ1) is 15.8. The summed E-state index contributed by atoms with van der Waals surface area (Å²) in [6, 6.07) is 2.29. The van der Waals surface area contributed by atoms with Crippen molar-refractivity contribution in [1.82, 2.24) is 9.97 Å². The van der Waals surface area contributed by atoms with Crippen LogP contribution in [0.1, 0.15) is 11.4 Å². The predicted molar refractivity (Wildman–Crippen MR) is 79.7 cm³/mol. The zero-order valence-electron chi connectivity index (χ0n) is 10.9. The maximum atomic E-state index is 10.7. The van der Waals surface area contributed by atoms with Gasteiger partial charge < -0.3 is 4.74 Å². The highest BCUT2D eigenvalue weighted by Gasteiger charge is 2.18. The van der Waals surface area contributed by atoms with Gasteiger partial charge >= 0.3 is 0 Å². The molecule has 0 aliphatic heterocycles. The molecule has 1 aromatic heterocycles. The molecule has 0 saturated heterocycles. The Bertz CT molecular complexity index is 714. The fraction of sp³-hybridized carbons (Fsp3) is 0.167. The van der Waals surface area contributed by atoms with Crippen LogP contribution in [0.15, 0.2) is 12.1 Å². The van der Waals surface area contributed by atoms with Gasteiger partial charge in [-0.1, -0.05) is 34.8 Å². The van der Waals surface area contributed by atoms with Crippen molar-refractivity contribution in [3.8, 4) is 11.6 Å². The summed E-state index contributed by atoms with van der Waals surface area (Å²) < 4.78 is 5.55. The molecule has 110 valence electrons. The van der Waals surface area contributed by atoms with E-state index in [1.807, 2.05) is 0 Å². The molecule has 0 fully saturated rings. The number of rotatable bonds is 3. The topological polar surface area (TPSA) is 78.2 Å². The van der Waals surface area contributed by atoms with Crippen LogP contribution in [0.25, 0.3) is 0 Å². The number of nitro groups is 1. The lowest BCUT2D eigenvalue weighted by atomic mass is 10.3. The Labute approximate surface area is 134 Å². The normalized spacial score (nSPS) is 10.5. The van der Waals surface area contributed by atoms with Crippen molar-refractivity contribution in [1.29, 1.82) is 0 Å². The van der Waals surface area contributed by atoms with Gasteiger partial charge in [0, 0.05) is 17.7 Å². The molecule has 0 saturated carbocycles. The van der Waals surface area contributed by atoms with Crippen molar-refractivity contribution >= 4 is 40.5 Å². The number of nitro benzene ring substituents is 1. The highest BCUT2D eigenvalue weighted by atomic mass is 35.5. The highest BCUT2D eigenvalue weighted by molar-refractivity contribution is 6.37. The number of aryl methyl sites for hydroxylation is 1. The van der Waals surface area contributed by atoms with Crippen LogP contribution in [0.4, 0.5) is 5.69 Å². The Morgan fingerprint density at radius 3 is 2.24 bits per heavy atom. The van der Waals surface area contributed by atoms with Crippen LogP contribution in [-0.2, 0) is 0 Å². The van der Waals surface area contributed by atoms with Crippen LogP contribution >= 0.6 is 34.8 Å². The van der Waals surface area contributed by atoms with Gasteiger partial charge in [0.25, 0.3) is 5.69 Å². The van der Waals surface area contributed by atoms with E-state index in [-0.39, 0.29) is 32.5 Å². The third kappa shape index (κ3) is 3.34. The summed E-state index contributed by atoms with van der Waals surface area (Å²) >= 11 is 17.9. The minimum Gasteiger partial charge on any atom is -0.435 e. The quantitative estimate of drug-likeness (QED) is 0.454. The van der Waals surface area contributed by atoms with E-state index in [0.717, 1.165) is 12.1 Å². The summed E-state index contributed by atoms with van der Waals surface area (Å²) in [4.78, 5) is 18.2. The summed E-state index contributed by atoms with van der Waals surface area (Å²) in [6.07, 6.45) is 0. The first-order valence-corrected chi connectivity index (χ1v) is 6.75. The van der Waals surface area contributed by atoms with Crippen LogP contribution in [0.5, 0.6) is 11.6 Å². The molecule has 0 bridgehead atoms. The van der Waals surface area contributed by atoms with Gasteiger partial charge in [0.15, 0.2) is 5.75 Å². The Kier molecular flexibility index (Phi) is 4.51. The molecule has 0 amide bonds. The van der Waals surface area contributed by atoms with E-state index in [1.165, 1.54) is 0 Å². The number of ether oxygens (including phenoxy) is 1. The van der Waals surface area contributed by atoms with E-state index in [1.54, 1.807) is 13.8 Å². The van der Waals surface area contributed by atoms with Gasteiger partial charge in [-0.25, -0.2) is 4.98 Å². The van der Waals surface area contributed by atoms with E-state index < -0.39 is 4.92 Å². The Balaban J connectivity index is 2.48. The molecular formula is C12H8Cl3N3O3. The molecule has 21 heavy (non-hydrogen) atoms. The van der Waals surface area contributed by atoms with Crippen LogP contribution < -0.4 is 4.74 Å². The molecule has 0 N–H and O–H groups in total. The van der Waals surface area contributed by atoms with Gasteiger partial charge in [-0.2, -0.15) is 4.98 Å². The zero-order chi connectivity index (χ0) is 15.7. The molecule has 6 nitrogen and oxygen atoms in total. The maximum Gasteiger partial charge on any atom is 0.272 e. The van der Waals surface area contributed by atoms with Crippen molar-refractivity contribution in [2.24, 2.45) is 0 Å². The van der Waals surface area contributed by atoms with Gasteiger partial charge in [-0.05, 0) is 13.8 Å². The molecule has 0 aliphatic carbocycles. The van der Waals surface area contributed by atoms with Crippen LogP contribution in [-0.4, -0.2) is 14.9 Å². The monoisotopic (exact) mass is 347 g/mol. The average Bonchev–Trinajstić information content (AvgIpc) is 2.38. The standard InChI is InChI=1S/C12H8Cl3N3O3/c1-5-11(15)16-6(2)17-12(5)21-10-8(13)3-7(18(19)20)4-9(10)14/h3-4H,1-2H3. The number of nitrogens with zero attached hydrogens (tertiary/aromatic N) is 3. The highest BCUT2D eigenvalue weighted by Crippen LogP contribution is 2.40. The van der Waals surface area contributed by atoms with E-state index in [2.05, 4.69) is 9.97 Å². The predicted octanol–water partition coefficient (Wildman–Crippen LogP) is 4.75. The van der Waals surface area contributed by atoms with Crippen LogP contribution in [0, 0.1) is 24.0 Å². The molecule has 1 aromatic carbocycles. The Hall–Kier alpha value is -1.63. The number of hydrogen-bond donors (Lipinski definition) is 0. The number of hydrogen-bond acceptors (Lipinski definition) is 5. The van der Waals surface area contributed by atoms with Gasteiger partial charge in [-0.3, -0.25) is 10.1 Å². The van der Waals surface area contributed by atoms with E-state index in [4.69, 9.17) is 39.5 Å². The summed E-state index contributed by atoms with van der Waals surface area (Å²) in [5.41, 5.74) is 0.277. The molecular weight excluding hydrogens is 341 g/mol. The number of non-ortho nitro benzene ring substituents is 1. The molecule has 0 spiro atoms. The van der Waals surface area contributed by atoms with E-state index in [9.17, 15) is 10.1 Å². The smallest absolute Gasteiger partial charge is 0.272 e. The lowest BCUT2D eigenvalue weighted by Gasteiger charge is -2.11. The summed E-state index contributed by atoms with van der Waals surface area (Å²) in [7, 11) is 0. The second-order valence-corrected chi connectivity index (χ2v) is 5.26. The minimum absolute atomic E-state index is 0.000915. The van der Waals surface area contributed by atoms with Crippen molar-refractivity contribution < 1.29 is 9.66 Å². The summed E-state index contributed by atoms with van der Waals surface area (Å²) in [6.45, 7) is 3.32. The first-order chi connectivity index (χ1) is 9.79. The Morgan fingerprint density at radius 1 is 1.14 bits per heavy atom. The lowest BCUT2D eigenvalue weighted by molar-refractivity contribution is -0.384. The third-order valence-electron chi connectivity index (χ3n) is 2.55. The number of halogens is 3. The molecule has 0 radical (unpaired) electrons. The maximum absolute atomic E-state index is 10.7. The molecule has 0 atom stereocenters. The Morgan fingerprint density at radius 2 is 1.71 bits per heavy atom. The molecule has 9 heteroatoms. The van der Waals surface area contributed by atoms with Gasteiger partial charge in [0.1, 0.15) is 11.0 Å².